The zero-order chi connectivity index (χ0) is 9.80. The van der Waals surface area contributed by atoms with E-state index in [1.807, 2.05) is 0 Å². The van der Waals surface area contributed by atoms with Crippen LogP contribution in [-0.2, 0) is 4.79 Å². The molecule has 0 fully saturated rings. The maximum absolute atomic E-state index is 10.5. The van der Waals surface area contributed by atoms with E-state index in [1.54, 1.807) is 17.3 Å². The molecule has 14 heavy (non-hydrogen) atoms. The number of hydrogen-bond donors (Lipinski definition) is 0. The van der Waals surface area contributed by atoms with Gasteiger partial charge in [0.2, 0.25) is 6.41 Å². The topological polar surface area (TPSA) is 46.1 Å². The molecule has 1 aromatic rings. The van der Waals surface area contributed by atoms with Gasteiger partial charge in [-0.05, 0) is 12.0 Å². The van der Waals surface area contributed by atoms with Crippen molar-refractivity contribution in [2.24, 2.45) is 0 Å². The molecule has 0 radical (unpaired) electrons. The Hall–Kier alpha value is -1.71. The average Bonchev–Trinajstić information content (AvgIpc) is 2.30. The Morgan fingerprint density at radius 3 is 2.71 bits per heavy atom. The van der Waals surface area contributed by atoms with Crippen LogP contribution < -0.4 is 0 Å². The lowest BCUT2D eigenvalue weighted by atomic mass is 10.0. The van der Waals surface area contributed by atoms with Crippen LogP contribution in [0.15, 0.2) is 24.8 Å². The van der Waals surface area contributed by atoms with Crippen LogP contribution in [0.4, 0.5) is 0 Å². The second-order valence-electron chi connectivity index (χ2n) is 3.21. The van der Waals surface area contributed by atoms with E-state index in [9.17, 15) is 4.79 Å². The molecule has 1 aliphatic rings. The van der Waals surface area contributed by atoms with Crippen molar-refractivity contribution in [3.05, 3.63) is 30.4 Å². The number of amides is 1. The zero-order valence-electron chi connectivity index (χ0n) is 7.76. The van der Waals surface area contributed by atoms with E-state index in [-0.39, 0.29) is 0 Å². The molecule has 4 heteroatoms. The Bertz CT molecular complexity index is 348. The zero-order valence-corrected chi connectivity index (χ0v) is 7.76. The molecule has 0 spiro atoms. The van der Waals surface area contributed by atoms with Gasteiger partial charge in [0.05, 0.1) is 0 Å². The largest absolute Gasteiger partial charge is 0.341 e. The highest BCUT2D eigenvalue weighted by atomic mass is 16.1. The van der Waals surface area contributed by atoms with E-state index in [2.05, 4.69) is 16.0 Å². The molecule has 0 N–H and O–H groups in total. The van der Waals surface area contributed by atoms with Crippen LogP contribution in [0.1, 0.15) is 12.0 Å². The lowest BCUT2D eigenvalue weighted by molar-refractivity contribution is -0.117. The smallest absolute Gasteiger partial charge is 0.209 e. The van der Waals surface area contributed by atoms with Crippen molar-refractivity contribution in [2.45, 2.75) is 6.42 Å². The standard InChI is InChI=1S/C10H11N3O/c14-8-13-3-1-9(2-4-13)10-5-11-7-12-6-10/h1,5-8H,2-4H2. The van der Waals surface area contributed by atoms with Gasteiger partial charge in [-0.1, -0.05) is 6.08 Å². The summed E-state index contributed by atoms with van der Waals surface area (Å²) < 4.78 is 0. The average molecular weight is 189 g/mol. The van der Waals surface area contributed by atoms with Crippen molar-refractivity contribution < 1.29 is 4.79 Å². The van der Waals surface area contributed by atoms with Crippen molar-refractivity contribution in [3.8, 4) is 0 Å². The maximum Gasteiger partial charge on any atom is 0.209 e. The molecule has 2 heterocycles. The summed E-state index contributed by atoms with van der Waals surface area (Å²) in [7, 11) is 0. The molecule has 4 nitrogen and oxygen atoms in total. The first-order chi connectivity index (χ1) is 6.90. The number of hydrogen-bond acceptors (Lipinski definition) is 3. The molecule has 72 valence electrons. The summed E-state index contributed by atoms with van der Waals surface area (Å²) in [4.78, 5) is 20.1. The van der Waals surface area contributed by atoms with Gasteiger partial charge < -0.3 is 4.90 Å². The molecule has 0 saturated carbocycles. The van der Waals surface area contributed by atoms with Crippen molar-refractivity contribution >= 4 is 12.0 Å². The summed E-state index contributed by atoms with van der Waals surface area (Å²) in [6.45, 7) is 1.47. The van der Waals surface area contributed by atoms with E-state index in [0.29, 0.717) is 6.54 Å². The van der Waals surface area contributed by atoms with Crippen molar-refractivity contribution in [3.63, 3.8) is 0 Å². The first-order valence-corrected chi connectivity index (χ1v) is 4.54. The van der Waals surface area contributed by atoms with E-state index in [1.165, 1.54) is 11.9 Å². The van der Waals surface area contributed by atoms with E-state index in [4.69, 9.17) is 0 Å². The minimum atomic E-state index is 0.688. The lowest BCUT2D eigenvalue weighted by Gasteiger charge is -2.22. The van der Waals surface area contributed by atoms with Crippen molar-refractivity contribution in [1.82, 2.24) is 14.9 Å². The Morgan fingerprint density at radius 2 is 2.14 bits per heavy atom. The van der Waals surface area contributed by atoms with E-state index >= 15 is 0 Å². The van der Waals surface area contributed by atoms with Crippen LogP contribution >= 0.6 is 0 Å². The summed E-state index contributed by atoms with van der Waals surface area (Å²) in [6.07, 6.45) is 8.94. The monoisotopic (exact) mass is 189 g/mol. The van der Waals surface area contributed by atoms with Crippen LogP contribution in [0.5, 0.6) is 0 Å². The third-order valence-corrected chi connectivity index (χ3v) is 2.32. The van der Waals surface area contributed by atoms with Crippen LogP contribution in [-0.4, -0.2) is 34.4 Å². The van der Waals surface area contributed by atoms with Gasteiger partial charge in [-0.25, -0.2) is 9.97 Å². The van der Waals surface area contributed by atoms with Crippen LogP contribution in [0, 0.1) is 0 Å². The molecule has 0 saturated heterocycles. The summed E-state index contributed by atoms with van der Waals surface area (Å²) in [5, 5.41) is 0. The molecule has 1 aliphatic heterocycles. The van der Waals surface area contributed by atoms with Gasteiger partial charge in [0.25, 0.3) is 0 Å². The molecule has 1 amide bonds. The highest BCUT2D eigenvalue weighted by Crippen LogP contribution is 2.19. The van der Waals surface area contributed by atoms with E-state index < -0.39 is 0 Å². The van der Waals surface area contributed by atoms with Gasteiger partial charge in [-0.15, -0.1) is 0 Å². The molecule has 0 aromatic carbocycles. The minimum Gasteiger partial charge on any atom is -0.341 e. The van der Waals surface area contributed by atoms with Crippen LogP contribution in [0.2, 0.25) is 0 Å². The number of carbonyl (C=O) groups excluding carboxylic acids is 1. The molecule has 2 rings (SSSR count). The van der Waals surface area contributed by atoms with Crippen LogP contribution in [0.3, 0.4) is 0 Å². The van der Waals surface area contributed by atoms with Gasteiger partial charge in [-0.3, -0.25) is 4.79 Å². The minimum absolute atomic E-state index is 0.688. The van der Waals surface area contributed by atoms with Crippen molar-refractivity contribution in [1.29, 1.82) is 0 Å². The van der Waals surface area contributed by atoms with Gasteiger partial charge in [0.15, 0.2) is 0 Å². The summed E-state index contributed by atoms with van der Waals surface area (Å²) in [5.41, 5.74) is 2.28. The third-order valence-electron chi connectivity index (χ3n) is 2.32. The number of nitrogens with zero attached hydrogens (tertiary/aromatic N) is 3. The number of aromatic nitrogens is 2. The highest BCUT2D eigenvalue weighted by Gasteiger charge is 2.10. The lowest BCUT2D eigenvalue weighted by Crippen LogP contribution is -2.26. The Labute approximate surface area is 82.3 Å². The summed E-state index contributed by atoms with van der Waals surface area (Å²) in [5.74, 6) is 0. The maximum atomic E-state index is 10.5. The van der Waals surface area contributed by atoms with Gasteiger partial charge >= 0.3 is 0 Å². The fraction of sp³-hybridized carbons (Fsp3) is 0.300. The molecule has 0 atom stereocenters. The Balaban J connectivity index is 2.14. The van der Waals surface area contributed by atoms with Gasteiger partial charge in [-0.2, -0.15) is 0 Å². The second-order valence-corrected chi connectivity index (χ2v) is 3.21. The normalized spacial score (nSPS) is 16.3. The Morgan fingerprint density at radius 1 is 1.36 bits per heavy atom. The fourth-order valence-corrected chi connectivity index (χ4v) is 1.51. The molecular weight excluding hydrogens is 178 g/mol. The van der Waals surface area contributed by atoms with Crippen LogP contribution in [0.25, 0.3) is 5.57 Å². The fourth-order valence-electron chi connectivity index (χ4n) is 1.51. The molecular formula is C10H11N3O. The highest BCUT2D eigenvalue weighted by molar-refractivity contribution is 5.66. The molecule has 0 bridgehead atoms. The molecule has 1 aromatic heterocycles. The third kappa shape index (κ3) is 1.79. The first-order valence-electron chi connectivity index (χ1n) is 4.54. The SMILES string of the molecule is O=CN1CC=C(c2cncnc2)CC1. The first kappa shape index (κ1) is 8.87. The second kappa shape index (κ2) is 4.00. The van der Waals surface area contributed by atoms with Gasteiger partial charge in [0.1, 0.15) is 6.33 Å². The number of rotatable bonds is 2. The summed E-state index contributed by atoms with van der Waals surface area (Å²) in [6, 6.07) is 0. The predicted molar refractivity (Wildman–Crippen MR) is 52.3 cm³/mol. The quantitative estimate of drug-likeness (QED) is 0.644. The molecule has 0 unspecified atom stereocenters. The van der Waals surface area contributed by atoms with Gasteiger partial charge in [0, 0.05) is 31.0 Å². The number of carbonyl (C=O) groups is 1. The predicted octanol–water partition coefficient (Wildman–Crippen LogP) is 0.722. The van der Waals surface area contributed by atoms with E-state index in [0.717, 1.165) is 24.9 Å². The summed E-state index contributed by atoms with van der Waals surface area (Å²) >= 11 is 0. The van der Waals surface area contributed by atoms with Crippen molar-refractivity contribution in [2.75, 3.05) is 13.1 Å². The molecule has 0 aliphatic carbocycles. The Kier molecular flexibility index (Phi) is 2.53.